The van der Waals surface area contributed by atoms with E-state index in [0.717, 1.165) is 0 Å². The Hall–Kier alpha value is -0.460. The first kappa shape index (κ1) is 3.53. The van der Waals surface area contributed by atoms with Gasteiger partial charge in [-0.15, -0.1) is 0 Å². The van der Waals surface area contributed by atoms with E-state index in [0.29, 0.717) is 5.54 Å². The fourth-order valence-corrected chi connectivity index (χ4v) is 1.19. The van der Waals surface area contributed by atoms with Gasteiger partial charge < -0.3 is 4.90 Å². The van der Waals surface area contributed by atoms with Crippen LogP contribution in [0.3, 0.4) is 0 Å². The number of rotatable bonds is 0. The highest BCUT2D eigenvalue weighted by Crippen LogP contribution is 2.38. The normalized spacial score (nSPS) is 44.4. The van der Waals surface area contributed by atoms with Gasteiger partial charge in [0, 0.05) is 6.54 Å². The third kappa shape index (κ3) is 0.226. The number of fused-ring (bicyclic) bond motifs is 1. The van der Waals surface area contributed by atoms with Crippen molar-refractivity contribution in [3.05, 3.63) is 12.3 Å². The van der Waals surface area contributed by atoms with Crippen molar-refractivity contribution in [3.63, 3.8) is 0 Å². The van der Waals surface area contributed by atoms with Crippen molar-refractivity contribution in [3.8, 4) is 0 Å². The summed E-state index contributed by atoms with van der Waals surface area (Å²) >= 11 is 0. The molecule has 0 aromatic carbocycles. The highest BCUT2D eigenvalue weighted by Gasteiger charge is 2.41. The summed E-state index contributed by atoms with van der Waals surface area (Å²) in [6.45, 7) is 3.56. The lowest BCUT2D eigenvalue weighted by Crippen LogP contribution is -2.58. The molecule has 0 spiro atoms. The lowest BCUT2D eigenvalue weighted by Gasteiger charge is -2.55. The molecule has 0 aromatic heterocycles. The zero-order valence-corrected chi connectivity index (χ0v) is 4.52. The maximum absolute atomic E-state index is 2.37. The molecule has 2 aliphatic heterocycles. The number of hydrogen-bond donors (Lipinski definition) is 0. The second-order valence-corrected chi connectivity index (χ2v) is 2.62. The number of nitrogens with zero attached hydrogens (tertiary/aromatic N) is 1. The molecule has 1 atom stereocenters. The Balaban J connectivity index is 2.30. The minimum Gasteiger partial charge on any atom is -0.369 e. The Morgan fingerprint density at radius 1 is 1.71 bits per heavy atom. The van der Waals surface area contributed by atoms with Gasteiger partial charge in [0.25, 0.3) is 0 Å². The Morgan fingerprint density at radius 3 is 2.43 bits per heavy atom. The predicted octanol–water partition coefficient (Wildman–Crippen LogP) is 0.978. The van der Waals surface area contributed by atoms with Gasteiger partial charge in [0.15, 0.2) is 0 Å². The summed E-state index contributed by atoms with van der Waals surface area (Å²) in [5.74, 6) is 0. The maximum Gasteiger partial charge on any atom is 0.0584 e. The third-order valence-corrected chi connectivity index (χ3v) is 2.13. The van der Waals surface area contributed by atoms with Gasteiger partial charge in [-0.05, 0) is 25.6 Å². The van der Waals surface area contributed by atoms with Crippen molar-refractivity contribution < 1.29 is 0 Å². The molecule has 0 N–H and O–H groups in total. The van der Waals surface area contributed by atoms with Gasteiger partial charge in [-0.1, -0.05) is 0 Å². The number of hydrogen-bond acceptors (Lipinski definition) is 1. The molecular weight excluding hydrogens is 86.1 g/mol. The lowest BCUT2D eigenvalue weighted by molar-refractivity contribution is 0.0599. The van der Waals surface area contributed by atoms with Crippen LogP contribution in [0.5, 0.6) is 0 Å². The Labute approximate surface area is 43.6 Å². The minimum absolute atomic E-state index is 0.514. The first-order chi connectivity index (χ1) is 3.31. The summed E-state index contributed by atoms with van der Waals surface area (Å²) in [7, 11) is 0. The predicted molar refractivity (Wildman–Crippen MR) is 28.9 cm³/mol. The Bertz CT molecular complexity index is 128. The van der Waals surface area contributed by atoms with Gasteiger partial charge in [-0.25, -0.2) is 0 Å². The van der Waals surface area contributed by atoms with Crippen LogP contribution in [0.1, 0.15) is 13.3 Å². The third-order valence-electron chi connectivity index (χ3n) is 2.13. The molecule has 1 saturated heterocycles. The van der Waals surface area contributed by atoms with Crippen molar-refractivity contribution in [2.45, 2.75) is 18.9 Å². The highest BCUT2D eigenvalue weighted by atomic mass is 15.3. The van der Waals surface area contributed by atoms with Crippen molar-refractivity contribution in [2.75, 3.05) is 6.54 Å². The monoisotopic (exact) mass is 95.1 g/mol. The van der Waals surface area contributed by atoms with Crippen molar-refractivity contribution >= 4 is 0 Å². The van der Waals surface area contributed by atoms with Crippen LogP contribution in [0, 0.1) is 0 Å². The van der Waals surface area contributed by atoms with Crippen LogP contribution in [0.4, 0.5) is 0 Å². The molecule has 1 heteroatoms. The lowest BCUT2D eigenvalue weighted by atomic mass is 9.82. The zero-order chi connectivity index (χ0) is 4.91. The standard InChI is InChI=1S/C6H9N/c1-6-2-4-7(6)5-3-6/h2,4H,3,5H2,1H3/t6-/m0/s1. The molecule has 2 aliphatic rings. The summed E-state index contributed by atoms with van der Waals surface area (Å²) in [5, 5.41) is 0. The van der Waals surface area contributed by atoms with Gasteiger partial charge in [0.2, 0.25) is 0 Å². The second kappa shape index (κ2) is 0.726. The van der Waals surface area contributed by atoms with E-state index in [9.17, 15) is 0 Å². The summed E-state index contributed by atoms with van der Waals surface area (Å²) in [5.41, 5.74) is 0.514. The molecule has 0 aromatic rings. The molecule has 1 nitrogen and oxygen atoms in total. The molecule has 2 heterocycles. The largest absolute Gasteiger partial charge is 0.369 e. The smallest absolute Gasteiger partial charge is 0.0584 e. The summed E-state index contributed by atoms with van der Waals surface area (Å²) in [6, 6.07) is 0. The first-order valence-electron chi connectivity index (χ1n) is 2.77. The first-order valence-corrected chi connectivity index (χ1v) is 2.77. The fraction of sp³-hybridized carbons (Fsp3) is 0.667. The van der Waals surface area contributed by atoms with E-state index in [1.807, 2.05) is 0 Å². The van der Waals surface area contributed by atoms with Crippen molar-refractivity contribution in [1.29, 1.82) is 0 Å². The van der Waals surface area contributed by atoms with Crippen LogP contribution < -0.4 is 0 Å². The SMILES string of the molecule is C[C@@]12C=CN1CC2. The van der Waals surface area contributed by atoms with Crippen LogP contribution in [0.25, 0.3) is 0 Å². The van der Waals surface area contributed by atoms with Crippen molar-refractivity contribution in [2.24, 2.45) is 0 Å². The fourth-order valence-electron chi connectivity index (χ4n) is 1.19. The Kier molecular flexibility index (Phi) is 0.366. The molecule has 0 bridgehead atoms. The van der Waals surface area contributed by atoms with Gasteiger partial charge in [-0.3, -0.25) is 0 Å². The van der Waals surface area contributed by atoms with E-state index >= 15 is 0 Å². The van der Waals surface area contributed by atoms with Crippen LogP contribution in [-0.2, 0) is 0 Å². The van der Waals surface area contributed by atoms with Gasteiger partial charge in [-0.2, -0.15) is 0 Å². The van der Waals surface area contributed by atoms with Gasteiger partial charge in [0.05, 0.1) is 5.54 Å². The average Bonchev–Trinajstić information content (AvgIpc) is 1.67. The second-order valence-electron chi connectivity index (χ2n) is 2.62. The van der Waals surface area contributed by atoms with E-state index in [2.05, 4.69) is 24.1 Å². The molecular formula is C6H9N. The maximum atomic E-state index is 2.37. The summed E-state index contributed by atoms with van der Waals surface area (Å²) < 4.78 is 0. The molecule has 0 amide bonds. The molecule has 0 unspecified atom stereocenters. The molecule has 1 fully saturated rings. The van der Waals surface area contributed by atoms with E-state index in [-0.39, 0.29) is 0 Å². The summed E-state index contributed by atoms with van der Waals surface area (Å²) in [4.78, 5) is 2.37. The highest BCUT2D eigenvalue weighted by molar-refractivity contribution is 5.22. The van der Waals surface area contributed by atoms with E-state index < -0.39 is 0 Å². The van der Waals surface area contributed by atoms with E-state index in [1.165, 1.54) is 13.0 Å². The average molecular weight is 95.1 g/mol. The van der Waals surface area contributed by atoms with Gasteiger partial charge in [0.1, 0.15) is 0 Å². The molecule has 0 radical (unpaired) electrons. The minimum atomic E-state index is 0.514. The molecule has 0 aliphatic carbocycles. The quantitative estimate of drug-likeness (QED) is 0.433. The molecule has 7 heavy (non-hydrogen) atoms. The van der Waals surface area contributed by atoms with E-state index in [4.69, 9.17) is 0 Å². The summed E-state index contributed by atoms with van der Waals surface area (Å²) in [6.07, 6.45) is 5.81. The van der Waals surface area contributed by atoms with Crippen LogP contribution >= 0.6 is 0 Å². The van der Waals surface area contributed by atoms with Crippen LogP contribution in [0.2, 0.25) is 0 Å². The molecule has 38 valence electrons. The van der Waals surface area contributed by atoms with Gasteiger partial charge >= 0.3 is 0 Å². The molecule has 2 rings (SSSR count). The molecule has 0 saturated carbocycles. The van der Waals surface area contributed by atoms with E-state index in [1.54, 1.807) is 0 Å². The van der Waals surface area contributed by atoms with Crippen LogP contribution in [0.15, 0.2) is 12.3 Å². The zero-order valence-electron chi connectivity index (χ0n) is 4.52. The van der Waals surface area contributed by atoms with Crippen LogP contribution in [-0.4, -0.2) is 17.0 Å². The Morgan fingerprint density at radius 2 is 2.43 bits per heavy atom. The van der Waals surface area contributed by atoms with Crippen molar-refractivity contribution in [1.82, 2.24) is 4.90 Å². The topological polar surface area (TPSA) is 3.24 Å².